The molecule has 1 aromatic heterocycles. The fraction of sp³-hybridized carbons (Fsp3) is 0.400. The number of benzene rings is 2. The van der Waals surface area contributed by atoms with Gasteiger partial charge in [0.1, 0.15) is 5.75 Å². The third-order valence-corrected chi connectivity index (χ3v) is 7.08. The standard InChI is InChI=1S/C30H38N6O2/c1-22(6-5-15-32-19-23-9-11-26(38-2)12-10-23)30(37)36-16-13-25(14-17-36)33-20-24(18-31)29-21-34-27-7-3-4-8-28(27)35-29/h3-4,7-12,18,20-22,25,31-33H,5-6,13-17,19H2,1-2H3/b24-20+,31-18?. The lowest BCUT2D eigenvalue weighted by atomic mass is 10.00. The molecule has 1 amide bonds. The number of para-hydroxylation sites is 2. The van der Waals surface area contributed by atoms with Crippen LogP contribution in [-0.4, -0.2) is 59.8 Å². The summed E-state index contributed by atoms with van der Waals surface area (Å²) >= 11 is 0. The quantitative estimate of drug-likeness (QED) is 0.244. The van der Waals surface area contributed by atoms with Crippen LogP contribution >= 0.6 is 0 Å². The second kappa shape index (κ2) is 13.7. The number of likely N-dealkylation sites (tertiary alicyclic amines) is 1. The third-order valence-electron chi connectivity index (χ3n) is 7.08. The Hall–Kier alpha value is -3.78. The lowest BCUT2D eigenvalue weighted by Gasteiger charge is -2.34. The molecule has 0 aliphatic carbocycles. The number of methoxy groups -OCH3 is 1. The summed E-state index contributed by atoms with van der Waals surface area (Å²) in [6.07, 6.45) is 8.48. The molecule has 0 saturated carbocycles. The second-order valence-corrected chi connectivity index (χ2v) is 9.82. The van der Waals surface area contributed by atoms with Crippen molar-refractivity contribution in [2.24, 2.45) is 5.92 Å². The maximum absolute atomic E-state index is 13.0. The summed E-state index contributed by atoms with van der Waals surface area (Å²) in [5, 5.41) is 14.7. The van der Waals surface area contributed by atoms with Crippen LogP contribution in [0.1, 0.15) is 43.9 Å². The lowest BCUT2D eigenvalue weighted by molar-refractivity contribution is -0.136. The van der Waals surface area contributed by atoms with Crippen LogP contribution < -0.4 is 15.4 Å². The number of hydrogen-bond donors (Lipinski definition) is 3. The number of piperidine rings is 1. The molecule has 1 fully saturated rings. The number of aromatic nitrogens is 2. The van der Waals surface area contributed by atoms with Gasteiger partial charge in [0.05, 0.1) is 30.0 Å². The molecule has 1 saturated heterocycles. The van der Waals surface area contributed by atoms with E-state index in [1.165, 1.54) is 11.8 Å². The highest BCUT2D eigenvalue weighted by Gasteiger charge is 2.25. The van der Waals surface area contributed by atoms with Gasteiger partial charge in [0.2, 0.25) is 5.91 Å². The zero-order chi connectivity index (χ0) is 26.7. The topological polar surface area (TPSA) is 103 Å². The first-order chi connectivity index (χ1) is 18.6. The molecule has 200 valence electrons. The van der Waals surface area contributed by atoms with Crippen molar-refractivity contribution in [3.63, 3.8) is 0 Å². The van der Waals surface area contributed by atoms with Gasteiger partial charge in [0, 0.05) is 49.6 Å². The Morgan fingerprint density at radius 1 is 1.16 bits per heavy atom. The Bertz CT molecular complexity index is 1230. The molecular weight excluding hydrogens is 476 g/mol. The van der Waals surface area contributed by atoms with E-state index in [0.29, 0.717) is 11.3 Å². The van der Waals surface area contributed by atoms with E-state index in [9.17, 15) is 4.79 Å². The molecule has 0 spiro atoms. The molecule has 0 radical (unpaired) electrons. The summed E-state index contributed by atoms with van der Waals surface area (Å²) in [7, 11) is 1.67. The fourth-order valence-corrected chi connectivity index (χ4v) is 4.70. The molecule has 3 N–H and O–H groups in total. The maximum atomic E-state index is 13.0. The smallest absolute Gasteiger partial charge is 0.225 e. The molecule has 1 unspecified atom stereocenters. The van der Waals surface area contributed by atoms with Crippen LogP contribution in [0.15, 0.2) is 60.9 Å². The number of fused-ring (bicyclic) bond motifs is 1. The molecular formula is C30H38N6O2. The molecule has 1 atom stereocenters. The van der Waals surface area contributed by atoms with Crippen LogP contribution in [0.3, 0.4) is 0 Å². The van der Waals surface area contributed by atoms with Crippen molar-refractivity contribution >= 4 is 28.7 Å². The van der Waals surface area contributed by atoms with E-state index >= 15 is 0 Å². The van der Waals surface area contributed by atoms with Crippen molar-refractivity contribution in [2.75, 3.05) is 26.7 Å². The van der Waals surface area contributed by atoms with E-state index in [1.54, 1.807) is 13.3 Å². The number of carbonyl (C=O) groups is 1. The van der Waals surface area contributed by atoms with Crippen molar-refractivity contribution in [1.82, 2.24) is 25.5 Å². The summed E-state index contributed by atoms with van der Waals surface area (Å²) in [5.41, 5.74) is 4.23. The highest BCUT2D eigenvalue weighted by Crippen LogP contribution is 2.18. The SMILES string of the molecule is COc1ccc(CNCCCC(C)C(=O)N2CCC(N/C=C(\C=N)c3cnc4ccccc4n3)CC2)cc1. The molecule has 8 heteroatoms. The number of hydrogen-bond acceptors (Lipinski definition) is 7. The van der Waals surface area contributed by atoms with Crippen LogP contribution in [0.5, 0.6) is 5.75 Å². The average molecular weight is 515 g/mol. The van der Waals surface area contributed by atoms with Gasteiger partial charge in [-0.2, -0.15) is 0 Å². The Morgan fingerprint density at radius 2 is 1.89 bits per heavy atom. The summed E-state index contributed by atoms with van der Waals surface area (Å²) in [4.78, 5) is 24.1. The Morgan fingerprint density at radius 3 is 2.61 bits per heavy atom. The van der Waals surface area contributed by atoms with Gasteiger partial charge in [-0.1, -0.05) is 31.2 Å². The number of amides is 1. The first-order valence-corrected chi connectivity index (χ1v) is 13.4. The molecule has 1 aliphatic rings. The predicted octanol–water partition coefficient (Wildman–Crippen LogP) is 4.42. The fourth-order valence-electron chi connectivity index (χ4n) is 4.70. The first-order valence-electron chi connectivity index (χ1n) is 13.4. The van der Waals surface area contributed by atoms with E-state index < -0.39 is 0 Å². The summed E-state index contributed by atoms with van der Waals surface area (Å²) in [6.45, 7) is 5.24. The molecule has 2 heterocycles. The Balaban J connectivity index is 1.17. The van der Waals surface area contributed by atoms with Crippen molar-refractivity contribution in [2.45, 2.75) is 45.2 Å². The van der Waals surface area contributed by atoms with Gasteiger partial charge in [-0.3, -0.25) is 9.78 Å². The van der Waals surface area contributed by atoms with Crippen LogP contribution in [0, 0.1) is 11.3 Å². The van der Waals surface area contributed by atoms with E-state index in [0.717, 1.165) is 68.6 Å². The monoisotopic (exact) mass is 514 g/mol. The van der Waals surface area contributed by atoms with Gasteiger partial charge in [-0.15, -0.1) is 0 Å². The average Bonchev–Trinajstić information content (AvgIpc) is 2.97. The van der Waals surface area contributed by atoms with E-state index in [2.05, 4.69) is 32.7 Å². The van der Waals surface area contributed by atoms with Crippen LogP contribution in [0.4, 0.5) is 0 Å². The van der Waals surface area contributed by atoms with Gasteiger partial charge >= 0.3 is 0 Å². The predicted molar refractivity (Wildman–Crippen MR) is 152 cm³/mol. The Kier molecular flexibility index (Phi) is 9.81. The molecule has 38 heavy (non-hydrogen) atoms. The van der Waals surface area contributed by atoms with Crippen LogP contribution in [0.25, 0.3) is 16.6 Å². The summed E-state index contributed by atoms with van der Waals surface area (Å²) in [6, 6.07) is 16.1. The van der Waals surface area contributed by atoms with Crippen molar-refractivity contribution in [3.8, 4) is 5.75 Å². The second-order valence-electron chi connectivity index (χ2n) is 9.82. The van der Waals surface area contributed by atoms with Gasteiger partial charge in [-0.05, 0) is 62.1 Å². The van der Waals surface area contributed by atoms with Crippen LogP contribution in [0.2, 0.25) is 0 Å². The van der Waals surface area contributed by atoms with Gasteiger partial charge in [0.15, 0.2) is 0 Å². The van der Waals surface area contributed by atoms with E-state index in [4.69, 9.17) is 10.1 Å². The molecule has 2 aromatic carbocycles. The van der Waals surface area contributed by atoms with Crippen molar-refractivity contribution in [1.29, 1.82) is 5.41 Å². The molecule has 4 rings (SSSR count). The first kappa shape index (κ1) is 27.3. The highest BCUT2D eigenvalue weighted by molar-refractivity contribution is 6.07. The number of nitrogens with zero attached hydrogens (tertiary/aromatic N) is 3. The number of rotatable bonds is 12. The lowest BCUT2D eigenvalue weighted by Crippen LogP contribution is -2.45. The van der Waals surface area contributed by atoms with Gasteiger partial charge in [0.25, 0.3) is 0 Å². The minimum atomic E-state index is 0.0261. The summed E-state index contributed by atoms with van der Waals surface area (Å²) < 4.78 is 5.20. The zero-order valence-electron chi connectivity index (χ0n) is 22.3. The number of ether oxygens (including phenoxy) is 1. The van der Waals surface area contributed by atoms with Gasteiger partial charge in [-0.25, -0.2) is 4.98 Å². The third kappa shape index (κ3) is 7.38. The molecule has 0 bridgehead atoms. The Labute approximate surface area is 225 Å². The number of allylic oxidation sites excluding steroid dienone is 1. The largest absolute Gasteiger partial charge is 0.497 e. The molecule has 1 aliphatic heterocycles. The highest BCUT2D eigenvalue weighted by atomic mass is 16.5. The maximum Gasteiger partial charge on any atom is 0.225 e. The normalized spacial score (nSPS) is 15.3. The van der Waals surface area contributed by atoms with Crippen LogP contribution in [-0.2, 0) is 11.3 Å². The van der Waals surface area contributed by atoms with Crippen molar-refractivity contribution < 1.29 is 9.53 Å². The van der Waals surface area contributed by atoms with Crippen molar-refractivity contribution in [3.05, 3.63) is 72.2 Å². The molecule has 3 aromatic rings. The van der Waals surface area contributed by atoms with Gasteiger partial charge < -0.3 is 25.7 Å². The number of carbonyl (C=O) groups excluding carboxylic acids is 1. The summed E-state index contributed by atoms with van der Waals surface area (Å²) in [5.74, 6) is 1.14. The zero-order valence-corrected chi connectivity index (χ0v) is 22.3. The minimum absolute atomic E-state index is 0.0261. The molecule has 8 nitrogen and oxygen atoms in total. The van der Waals surface area contributed by atoms with E-state index in [-0.39, 0.29) is 17.9 Å². The number of nitrogens with one attached hydrogen (secondary N) is 3. The van der Waals surface area contributed by atoms with E-state index in [1.807, 2.05) is 54.4 Å². The minimum Gasteiger partial charge on any atom is -0.497 e.